The number of carbonyl (C=O) groups excluding carboxylic acids is 1. The van der Waals surface area contributed by atoms with Crippen LogP contribution in [0.3, 0.4) is 0 Å². The number of ether oxygens (including phenoxy) is 1. The van der Waals surface area contributed by atoms with Crippen molar-refractivity contribution in [2.24, 2.45) is 5.92 Å². The zero-order valence-electron chi connectivity index (χ0n) is 19.5. The molecule has 34 heavy (non-hydrogen) atoms. The van der Waals surface area contributed by atoms with Crippen LogP contribution >= 0.6 is 0 Å². The first-order valence-electron chi connectivity index (χ1n) is 11.3. The third-order valence-corrected chi connectivity index (χ3v) is 6.21. The van der Waals surface area contributed by atoms with E-state index >= 15 is 0 Å². The monoisotopic (exact) mass is 457 g/mol. The van der Waals surface area contributed by atoms with Gasteiger partial charge in [-0.15, -0.1) is 0 Å². The van der Waals surface area contributed by atoms with E-state index in [0.29, 0.717) is 34.3 Å². The Morgan fingerprint density at radius 3 is 2.41 bits per heavy atom. The molecular formula is C27H27N3O4. The highest BCUT2D eigenvalue weighted by Gasteiger charge is 2.25. The molecule has 0 fully saturated rings. The number of rotatable bonds is 7. The average molecular weight is 458 g/mol. The number of pyridine rings is 3. The molecule has 0 spiro atoms. The van der Waals surface area contributed by atoms with Gasteiger partial charge < -0.3 is 14.4 Å². The van der Waals surface area contributed by atoms with E-state index in [0.717, 1.165) is 18.4 Å². The molecule has 0 aliphatic rings. The highest BCUT2D eigenvalue weighted by Crippen LogP contribution is 2.36. The maximum Gasteiger partial charge on any atom is 0.360 e. The number of aromatic hydroxyl groups is 1. The van der Waals surface area contributed by atoms with Crippen molar-refractivity contribution in [3.63, 3.8) is 0 Å². The number of benzene rings is 1. The van der Waals surface area contributed by atoms with Gasteiger partial charge in [0.15, 0.2) is 11.4 Å². The Morgan fingerprint density at radius 2 is 1.79 bits per heavy atom. The van der Waals surface area contributed by atoms with Gasteiger partial charge in [-0.2, -0.15) is 0 Å². The van der Waals surface area contributed by atoms with Crippen molar-refractivity contribution in [3.05, 3.63) is 77.0 Å². The summed E-state index contributed by atoms with van der Waals surface area (Å²) in [6, 6.07) is 14.5. The van der Waals surface area contributed by atoms with E-state index in [-0.39, 0.29) is 22.9 Å². The molecule has 1 N–H and O–H groups in total. The van der Waals surface area contributed by atoms with Gasteiger partial charge in [0.1, 0.15) is 0 Å². The molecule has 3 aromatic heterocycles. The lowest BCUT2D eigenvalue weighted by Gasteiger charge is -2.21. The third kappa shape index (κ3) is 4.17. The normalized spacial score (nSPS) is 11.2. The summed E-state index contributed by atoms with van der Waals surface area (Å²) in [7, 11) is 1.24. The number of fused-ring (bicyclic) bond motifs is 1. The minimum atomic E-state index is -0.761. The first kappa shape index (κ1) is 23.2. The first-order valence-corrected chi connectivity index (χ1v) is 11.3. The highest BCUT2D eigenvalue weighted by atomic mass is 16.5. The van der Waals surface area contributed by atoms with Crippen molar-refractivity contribution in [2.75, 3.05) is 7.11 Å². The zero-order chi connectivity index (χ0) is 24.2. The first-order chi connectivity index (χ1) is 16.5. The zero-order valence-corrected chi connectivity index (χ0v) is 19.5. The smallest absolute Gasteiger partial charge is 0.360 e. The quantitative estimate of drug-likeness (QED) is 0.390. The van der Waals surface area contributed by atoms with Crippen molar-refractivity contribution >= 4 is 16.9 Å². The Morgan fingerprint density at radius 1 is 1.09 bits per heavy atom. The number of aromatic nitrogens is 3. The van der Waals surface area contributed by atoms with Gasteiger partial charge in [0.2, 0.25) is 0 Å². The van der Waals surface area contributed by atoms with Gasteiger partial charge in [0, 0.05) is 35.5 Å². The molecule has 0 radical (unpaired) electrons. The van der Waals surface area contributed by atoms with Gasteiger partial charge in [0.25, 0.3) is 5.56 Å². The standard InChI is InChI=1S/C27H27N3O4/c1-4-17(5-2)16-30-24-21(14-20(26(30)32)18-10-7-6-8-11-18)25(31)23(27(33)34-3)29-22(24)19-12-9-13-28-15-19/h6-15,17,31H,4-5,16H2,1-3H3. The number of methoxy groups -OCH3 is 1. The van der Waals surface area contributed by atoms with Crippen LogP contribution in [-0.4, -0.2) is 32.7 Å². The Bertz CT molecular complexity index is 1380. The number of carbonyl (C=O) groups is 1. The number of esters is 1. The second-order valence-electron chi connectivity index (χ2n) is 8.18. The maximum atomic E-state index is 13.9. The molecular weight excluding hydrogens is 430 g/mol. The molecule has 7 heteroatoms. The molecule has 0 saturated carbocycles. The van der Waals surface area contributed by atoms with E-state index < -0.39 is 5.97 Å². The van der Waals surface area contributed by atoms with Gasteiger partial charge in [0.05, 0.1) is 18.3 Å². The van der Waals surface area contributed by atoms with E-state index in [1.165, 1.54) is 7.11 Å². The second kappa shape index (κ2) is 9.87. The Labute approximate surface area is 197 Å². The lowest BCUT2D eigenvalue weighted by Crippen LogP contribution is -2.26. The van der Waals surface area contributed by atoms with Crippen molar-refractivity contribution in [1.82, 2.24) is 14.5 Å². The van der Waals surface area contributed by atoms with E-state index in [4.69, 9.17) is 4.74 Å². The SMILES string of the molecule is CCC(CC)Cn1c(=O)c(-c2ccccc2)cc2c(O)c(C(=O)OC)nc(-c3cccnc3)c21. The summed E-state index contributed by atoms with van der Waals surface area (Å²) in [5.74, 6) is -0.829. The van der Waals surface area contributed by atoms with Crippen LogP contribution in [0.25, 0.3) is 33.3 Å². The summed E-state index contributed by atoms with van der Waals surface area (Å²) in [6.45, 7) is 4.64. The number of nitrogens with zero attached hydrogens (tertiary/aromatic N) is 3. The van der Waals surface area contributed by atoms with Crippen LogP contribution in [0.4, 0.5) is 0 Å². The van der Waals surface area contributed by atoms with Gasteiger partial charge in [-0.3, -0.25) is 9.78 Å². The largest absolute Gasteiger partial charge is 0.505 e. The summed E-state index contributed by atoms with van der Waals surface area (Å²) < 4.78 is 6.57. The Balaban J connectivity index is 2.18. The summed E-state index contributed by atoms with van der Waals surface area (Å²) in [6.07, 6.45) is 5.04. The number of hydrogen-bond acceptors (Lipinski definition) is 6. The predicted octanol–water partition coefficient (Wildman–Crippen LogP) is 5.05. The summed E-state index contributed by atoms with van der Waals surface area (Å²) in [4.78, 5) is 35.0. The lowest BCUT2D eigenvalue weighted by molar-refractivity contribution is 0.0591. The van der Waals surface area contributed by atoms with E-state index in [1.807, 2.05) is 36.4 Å². The van der Waals surface area contributed by atoms with E-state index in [9.17, 15) is 14.7 Å². The summed E-state index contributed by atoms with van der Waals surface area (Å²) in [5.41, 5.74) is 2.27. The van der Waals surface area contributed by atoms with Crippen molar-refractivity contribution in [2.45, 2.75) is 33.2 Å². The highest BCUT2D eigenvalue weighted by molar-refractivity contribution is 6.04. The van der Waals surface area contributed by atoms with Crippen molar-refractivity contribution < 1.29 is 14.6 Å². The van der Waals surface area contributed by atoms with E-state index in [1.54, 1.807) is 29.1 Å². The second-order valence-corrected chi connectivity index (χ2v) is 8.18. The minimum Gasteiger partial charge on any atom is -0.505 e. The molecule has 0 aliphatic carbocycles. The molecule has 0 unspecified atom stereocenters. The molecule has 3 heterocycles. The summed E-state index contributed by atoms with van der Waals surface area (Å²) in [5, 5.41) is 11.5. The molecule has 0 amide bonds. The Hall–Kier alpha value is -4.00. The van der Waals surface area contributed by atoms with E-state index in [2.05, 4.69) is 23.8 Å². The molecule has 4 rings (SSSR count). The van der Waals surface area contributed by atoms with Crippen LogP contribution in [0.1, 0.15) is 37.2 Å². The summed E-state index contributed by atoms with van der Waals surface area (Å²) >= 11 is 0. The molecule has 0 saturated heterocycles. The average Bonchev–Trinajstić information content (AvgIpc) is 2.89. The van der Waals surface area contributed by atoms with Crippen molar-refractivity contribution in [3.8, 4) is 28.1 Å². The topological polar surface area (TPSA) is 94.3 Å². The molecule has 7 nitrogen and oxygen atoms in total. The maximum absolute atomic E-state index is 13.9. The molecule has 1 aromatic carbocycles. The van der Waals surface area contributed by atoms with Gasteiger partial charge in [-0.1, -0.05) is 57.0 Å². The number of hydrogen-bond donors (Lipinski definition) is 1. The van der Waals surface area contributed by atoms with Crippen LogP contribution in [0, 0.1) is 5.92 Å². The van der Waals surface area contributed by atoms with Gasteiger partial charge in [-0.25, -0.2) is 9.78 Å². The van der Waals surface area contributed by atoms with Crippen LogP contribution in [0.15, 0.2) is 65.7 Å². The van der Waals surface area contributed by atoms with Gasteiger partial charge >= 0.3 is 5.97 Å². The Kier molecular flexibility index (Phi) is 6.72. The van der Waals surface area contributed by atoms with Crippen LogP contribution < -0.4 is 5.56 Å². The molecule has 4 aromatic rings. The molecule has 0 bridgehead atoms. The minimum absolute atomic E-state index is 0.178. The molecule has 0 aliphatic heterocycles. The fourth-order valence-corrected chi connectivity index (χ4v) is 4.19. The van der Waals surface area contributed by atoms with Gasteiger partial charge in [-0.05, 0) is 29.7 Å². The fourth-order valence-electron chi connectivity index (χ4n) is 4.19. The molecule has 174 valence electrons. The molecule has 0 atom stereocenters. The predicted molar refractivity (Wildman–Crippen MR) is 132 cm³/mol. The third-order valence-electron chi connectivity index (χ3n) is 6.21. The van der Waals surface area contributed by atoms with Crippen LogP contribution in [0.5, 0.6) is 5.75 Å². The van der Waals surface area contributed by atoms with Crippen LogP contribution in [-0.2, 0) is 11.3 Å². The lowest BCUT2D eigenvalue weighted by atomic mass is 9.99. The fraction of sp³-hybridized carbons (Fsp3) is 0.259. The van der Waals surface area contributed by atoms with Crippen LogP contribution in [0.2, 0.25) is 0 Å². The van der Waals surface area contributed by atoms with Crippen molar-refractivity contribution in [1.29, 1.82) is 0 Å².